The highest BCUT2D eigenvalue weighted by atomic mass is 35.5. The van der Waals surface area contributed by atoms with Crippen molar-refractivity contribution in [2.75, 3.05) is 13.1 Å². The summed E-state index contributed by atoms with van der Waals surface area (Å²) in [5.41, 5.74) is -0.0878. The number of nitrogens with zero attached hydrogens (tertiary/aromatic N) is 1. The van der Waals surface area contributed by atoms with Gasteiger partial charge in [0.1, 0.15) is 0 Å². The number of piperidine rings is 1. The van der Waals surface area contributed by atoms with Crippen molar-refractivity contribution >= 4 is 12.4 Å². The minimum absolute atomic E-state index is 0. The molecule has 0 unspecified atom stereocenters. The first-order valence-corrected chi connectivity index (χ1v) is 5.25. The summed E-state index contributed by atoms with van der Waals surface area (Å²) in [6, 6.07) is 5.99. The summed E-state index contributed by atoms with van der Waals surface area (Å²) in [5.74, 6) is -1.75. The van der Waals surface area contributed by atoms with Gasteiger partial charge in [-0.3, -0.25) is 0 Å². The number of hydrogen-bond acceptors (Lipinski definition) is 2. The van der Waals surface area contributed by atoms with E-state index in [0.29, 0.717) is 18.4 Å². The number of nitriles is 1. The van der Waals surface area contributed by atoms with Crippen molar-refractivity contribution in [3.63, 3.8) is 0 Å². The standard InChI is InChI=1S/C12H12F2N2.ClH/c13-10-2-1-9(7-11(10)14)12(8-15)3-5-16-6-4-12;/h1-2,7,16H,3-6H2;1H. The monoisotopic (exact) mass is 258 g/mol. The van der Waals surface area contributed by atoms with E-state index in [-0.39, 0.29) is 12.4 Å². The third-order valence-corrected chi connectivity index (χ3v) is 3.14. The largest absolute Gasteiger partial charge is 0.317 e. The molecule has 0 bridgehead atoms. The molecule has 0 aliphatic carbocycles. The van der Waals surface area contributed by atoms with Crippen LogP contribution in [0.25, 0.3) is 0 Å². The van der Waals surface area contributed by atoms with Gasteiger partial charge in [0, 0.05) is 0 Å². The highest BCUT2D eigenvalue weighted by Gasteiger charge is 2.34. The van der Waals surface area contributed by atoms with Crippen molar-refractivity contribution in [3.8, 4) is 6.07 Å². The molecule has 5 heteroatoms. The van der Waals surface area contributed by atoms with Crippen LogP contribution in [-0.2, 0) is 5.41 Å². The van der Waals surface area contributed by atoms with Crippen molar-refractivity contribution < 1.29 is 8.78 Å². The van der Waals surface area contributed by atoms with Crippen LogP contribution in [0.3, 0.4) is 0 Å². The summed E-state index contributed by atoms with van der Waals surface area (Å²) < 4.78 is 26.0. The minimum atomic E-state index is -0.884. The van der Waals surface area contributed by atoms with Gasteiger partial charge in [-0.15, -0.1) is 12.4 Å². The molecular weight excluding hydrogens is 246 g/mol. The van der Waals surface area contributed by atoms with Crippen LogP contribution in [0.1, 0.15) is 18.4 Å². The highest BCUT2D eigenvalue weighted by Crippen LogP contribution is 2.33. The molecule has 0 amide bonds. The Hall–Kier alpha value is -1.18. The number of rotatable bonds is 1. The topological polar surface area (TPSA) is 35.8 Å². The Labute approximate surface area is 105 Å². The summed E-state index contributed by atoms with van der Waals surface area (Å²) in [4.78, 5) is 0. The molecule has 92 valence electrons. The van der Waals surface area contributed by atoms with E-state index >= 15 is 0 Å². The van der Waals surface area contributed by atoms with E-state index in [0.717, 1.165) is 25.2 Å². The summed E-state index contributed by atoms with van der Waals surface area (Å²) >= 11 is 0. The molecule has 2 nitrogen and oxygen atoms in total. The van der Waals surface area contributed by atoms with E-state index in [2.05, 4.69) is 11.4 Å². The van der Waals surface area contributed by atoms with Crippen LogP contribution in [0.5, 0.6) is 0 Å². The number of benzene rings is 1. The third-order valence-electron chi connectivity index (χ3n) is 3.14. The first-order valence-electron chi connectivity index (χ1n) is 5.25. The first kappa shape index (κ1) is 13.9. The van der Waals surface area contributed by atoms with Crippen LogP contribution >= 0.6 is 12.4 Å². The van der Waals surface area contributed by atoms with Crippen LogP contribution < -0.4 is 5.32 Å². The maximum absolute atomic E-state index is 13.1. The normalized spacial score (nSPS) is 17.9. The predicted octanol–water partition coefficient (Wildman–Crippen LogP) is 2.53. The van der Waals surface area contributed by atoms with Crippen LogP contribution in [0, 0.1) is 23.0 Å². The lowest BCUT2D eigenvalue weighted by molar-refractivity contribution is 0.379. The average molecular weight is 259 g/mol. The number of hydrogen-bond donors (Lipinski definition) is 1. The van der Waals surface area contributed by atoms with Gasteiger partial charge in [-0.05, 0) is 43.6 Å². The average Bonchev–Trinajstić information content (AvgIpc) is 2.33. The molecule has 1 aromatic carbocycles. The molecule has 1 saturated heterocycles. The second kappa shape index (κ2) is 5.44. The van der Waals surface area contributed by atoms with Gasteiger partial charge in [-0.25, -0.2) is 8.78 Å². The predicted molar refractivity (Wildman–Crippen MR) is 63.0 cm³/mol. The smallest absolute Gasteiger partial charge is 0.159 e. The fraction of sp³-hybridized carbons (Fsp3) is 0.417. The third kappa shape index (κ3) is 2.56. The molecule has 0 aromatic heterocycles. The van der Waals surface area contributed by atoms with Gasteiger partial charge in [0.15, 0.2) is 11.6 Å². The molecule has 1 aromatic rings. The van der Waals surface area contributed by atoms with Gasteiger partial charge in [0.25, 0.3) is 0 Å². The van der Waals surface area contributed by atoms with Gasteiger partial charge in [0.05, 0.1) is 11.5 Å². The zero-order valence-corrected chi connectivity index (χ0v) is 9.99. The van der Waals surface area contributed by atoms with Crippen molar-refractivity contribution in [1.82, 2.24) is 5.32 Å². The maximum Gasteiger partial charge on any atom is 0.159 e. The fourth-order valence-electron chi connectivity index (χ4n) is 2.11. The Morgan fingerprint density at radius 3 is 2.35 bits per heavy atom. The lowest BCUT2D eigenvalue weighted by Crippen LogP contribution is -2.38. The van der Waals surface area contributed by atoms with Crippen LogP contribution in [-0.4, -0.2) is 13.1 Å². The quantitative estimate of drug-likeness (QED) is 0.840. The van der Waals surface area contributed by atoms with E-state index in [9.17, 15) is 14.0 Å². The van der Waals surface area contributed by atoms with Crippen LogP contribution in [0.2, 0.25) is 0 Å². The minimum Gasteiger partial charge on any atom is -0.317 e. The van der Waals surface area contributed by atoms with Gasteiger partial charge in [0.2, 0.25) is 0 Å². The number of nitrogens with one attached hydrogen (secondary N) is 1. The molecule has 2 rings (SSSR count). The lowest BCUT2D eigenvalue weighted by Gasteiger charge is -2.31. The Bertz CT molecular complexity index is 437. The zero-order chi connectivity index (χ0) is 11.6. The van der Waals surface area contributed by atoms with Crippen molar-refractivity contribution in [2.45, 2.75) is 18.3 Å². The second-order valence-electron chi connectivity index (χ2n) is 4.07. The summed E-state index contributed by atoms with van der Waals surface area (Å²) in [6.45, 7) is 1.46. The van der Waals surface area contributed by atoms with Crippen molar-refractivity contribution in [2.24, 2.45) is 0 Å². The number of halogens is 3. The Balaban J connectivity index is 0.00000144. The maximum atomic E-state index is 13.1. The first-order chi connectivity index (χ1) is 7.68. The molecule has 0 spiro atoms. The SMILES string of the molecule is Cl.N#CC1(c2ccc(F)c(F)c2)CCNCC1. The van der Waals surface area contributed by atoms with Gasteiger partial charge in [-0.1, -0.05) is 6.07 Å². The summed E-state index contributed by atoms with van der Waals surface area (Å²) in [6.07, 6.45) is 1.27. The molecule has 1 fully saturated rings. The van der Waals surface area contributed by atoms with E-state index in [1.54, 1.807) is 0 Å². The molecular formula is C12H13ClF2N2. The lowest BCUT2D eigenvalue weighted by atomic mass is 9.74. The van der Waals surface area contributed by atoms with Crippen molar-refractivity contribution in [1.29, 1.82) is 5.26 Å². The Kier molecular flexibility index (Phi) is 4.44. The summed E-state index contributed by atoms with van der Waals surface area (Å²) in [5, 5.41) is 12.4. The van der Waals surface area contributed by atoms with Crippen LogP contribution in [0.15, 0.2) is 18.2 Å². The van der Waals surface area contributed by atoms with Gasteiger partial charge in [-0.2, -0.15) is 5.26 Å². The highest BCUT2D eigenvalue weighted by molar-refractivity contribution is 5.85. The molecule has 1 aliphatic heterocycles. The van der Waals surface area contributed by atoms with E-state index in [1.165, 1.54) is 6.07 Å². The summed E-state index contributed by atoms with van der Waals surface area (Å²) in [7, 11) is 0. The molecule has 17 heavy (non-hydrogen) atoms. The van der Waals surface area contributed by atoms with Crippen molar-refractivity contribution in [3.05, 3.63) is 35.4 Å². The Morgan fingerprint density at radius 2 is 1.82 bits per heavy atom. The molecule has 1 heterocycles. The van der Waals surface area contributed by atoms with E-state index in [4.69, 9.17) is 0 Å². The molecule has 0 atom stereocenters. The van der Waals surface area contributed by atoms with Gasteiger partial charge < -0.3 is 5.32 Å². The van der Waals surface area contributed by atoms with Gasteiger partial charge >= 0.3 is 0 Å². The molecule has 0 saturated carbocycles. The zero-order valence-electron chi connectivity index (χ0n) is 9.17. The Morgan fingerprint density at radius 1 is 1.18 bits per heavy atom. The fourth-order valence-corrected chi connectivity index (χ4v) is 2.11. The molecule has 1 aliphatic rings. The van der Waals surface area contributed by atoms with E-state index in [1.807, 2.05) is 0 Å². The van der Waals surface area contributed by atoms with E-state index < -0.39 is 17.0 Å². The molecule has 1 N–H and O–H groups in total. The second-order valence-corrected chi connectivity index (χ2v) is 4.07. The molecule has 0 radical (unpaired) electrons. The van der Waals surface area contributed by atoms with Crippen LogP contribution in [0.4, 0.5) is 8.78 Å².